The van der Waals surface area contributed by atoms with Crippen LogP contribution in [-0.4, -0.2) is 35.9 Å². The van der Waals surface area contributed by atoms with E-state index in [-0.39, 0.29) is 37.3 Å². The van der Waals surface area contributed by atoms with Gasteiger partial charge in [-0.05, 0) is 0 Å². The van der Waals surface area contributed by atoms with Gasteiger partial charge in [-0.25, -0.2) is 18.2 Å². The third kappa shape index (κ3) is 2.86. The van der Waals surface area contributed by atoms with Gasteiger partial charge in [0.05, 0.1) is 25.2 Å². The number of carbonyl (C=O) groups excluding carboxylic acids is 1. The maximum atomic E-state index is 12.0. The smallest absolute Gasteiger partial charge is 0.229 e. The summed E-state index contributed by atoms with van der Waals surface area (Å²) in [6, 6.07) is 3.85. The van der Waals surface area contributed by atoms with Crippen molar-refractivity contribution in [1.82, 2.24) is 9.78 Å². The quantitative estimate of drug-likeness (QED) is 0.759. The van der Waals surface area contributed by atoms with Gasteiger partial charge in [-0.3, -0.25) is 9.69 Å². The van der Waals surface area contributed by atoms with Crippen molar-refractivity contribution in [2.75, 3.05) is 11.4 Å². The van der Waals surface area contributed by atoms with Crippen LogP contribution in [0.4, 0.5) is 5.82 Å². The van der Waals surface area contributed by atoms with Crippen LogP contribution in [-0.2, 0) is 21.4 Å². The fourth-order valence-electron chi connectivity index (χ4n) is 2.16. The van der Waals surface area contributed by atoms with Crippen molar-refractivity contribution in [2.24, 2.45) is 5.14 Å². The minimum atomic E-state index is -3.84. The molecular formula is C11H12N6O3S. The summed E-state index contributed by atoms with van der Waals surface area (Å²) in [5, 5.41) is 25.7. The summed E-state index contributed by atoms with van der Waals surface area (Å²) in [5.41, 5.74) is 0.149. The average molecular weight is 308 g/mol. The Morgan fingerprint density at radius 1 is 1.48 bits per heavy atom. The van der Waals surface area contributed by atoms with E-state index in [1.54, 1.807) is 0 Å². The molecule has 10 heteroatoms. The Bertz CT molecular complexity index is 754. The van der Waals surface area contributed by atoms with Crippen LogP contribution in [0.5, 0.6) is 0 Å². The fraction of sp³-hybridized carbons (Fsp3) is 0.455. The number of anilines is 1. The molecule has 0 saturated carbocycles. The first-order valence-corrected chi connectivity index (χ1v) is 7.64. The van der Waals surface area contributed by atoms with Crippen molar-refractivity contribution in [3.63, 3.8) is 0 Å². The number of primary sulfonamides is 1. The molecule has 1 aromatic rings. The number of nitriles is 2. The van der Waals surface area contributed by atoms with Gasteiger partial charge in [0.1, 0.15) is 16.9 Å². The topological polar surface area (TPSA) is 146 Å². The highest BCUT2D eigenvalue weighted by Gasteiger charge is 2.39. The molecule has 1 unspecified atom stereocenters. The van der Waals surface area contributed by atoms with E-state index in [1.807, 2.05) is 12.1 Å². The number of hydrogen-bond donors (Lipinski definition) is 1. The third-order valence-electron chi connectivity index (χ3n) is 3.18. The number of carbonyl (C=O) groups is 1. The van der Waals surface area contributed by atoms with E-state index in [4.69, 9.17) is 15.7 Å². The number of nitrogens with two attached hydrogens (primary N) is 1. The van der Waals surface area contributed by atoms with Crippen LogP contribution in [0.2, 0.25) is 0 Å². The van der Waals surface area contributed by atoms with Crippen LogP contribution < -0.4 is 10.0 Å². The summed E-state index contributed by atoms with van der Waals surface area (Å²) in [7, 11) is -3.84. The molecule has 1 aromatic heterocycles. The summed E-state index contributed by atoms with van der Waals surface area (Å²) in [6.45, 7) is 0.0852. The zero-order chi connectivity index (χ0) is 15.6. The lowest BCUT2D eigenvalue weighted by Crippen LogP contribution is -2.33. The Morgan fingerprint density at radius 2 is 2.19 bits per heavy atom. The summed E-state index contributed by atoms with van der Waals surface area (Å²) in [6.07, 6.45) is 1.21. The molecule has 2 heterocycles. The molecule has 0 aliphatic carbocycles. The van der Waals surface area contributed by atoms with Gasteiger partial charge in [0, 0.05) is 13.0 Å². The van der Waals surface area contributed by atoms with Crippen molar-refractivity contribution in [3.05, 3.63) is 11.8 Å². The van der Waals surface area contributed by atoms with Crippen LogP contribution in [0, 0.1) is 22.7 Å². The predicted molar refractivity (Wildman–Crippen MR) is 71.0 cm³/mol. The molecule has 0 bridgehead atoms. The second-order valence-electron chi connectivity index (χ2n) is 4.54. The van der Waals surface area contributed by atoms with E-state index in [1.165, 1.54) is 15.8 Å². The number of nitrogens with zero attached hydrogens (tertiary/aromatic N) is 5. The third-order valence-corrected chi connectivity index (χ3v) is 4.42. The van der Waals surface area contributed by atoms with E-state index in [9.17, 15) is 13.2 Å². The average Bonchev–Trinajstić information content (AvgIpc) is 2.98. The Labute approximate surface area is 121 Å². The Hall–Kier alpha value is -2.43. The molecule has 21 heavy (non-hydrogen) atoms. The van der Waals surface area contributed by atoms with Crippen molar-refractivity contribution < 1.29 is 13.2 Å². The summed E-state index contributed by atoms with van der Waals surface area (Å²) < 4.78 is 24.1. The molecule has 2 N–H and O–H groups in total. The number of aryl methyl sites for hydroxylation is 1. The van der Waals surface area contributed by atoms with Gasteiger partial charge in [-0.15, -0.1) is 0 Å². The van der Waals surface area contributed by atoms with Gasteiger partial charge < -0.3 is 0 Å². The second kappa shape index (κ2) is 5.52. The van der Waals surface area contributed by atoms with E-state index < -0.39 is 21.2 Å². The van der Waals surface area contributed by atoms with E-state index in [2.05, 4.69) is 5.10 Å². The molecule has 2 rings (SSSR count). The molecule has 1 saturated heterocycles. The number of hydrogen-bond acceptors (Lipinski definition) is 6. The standard InChI is InChI=1S/C11H12N6O3S/c12-2-1-3-17-11(8(5-13)6-15-17)16-7-9(4-10(16)18)21(14,19)20/h6,9H,1,3-4,7H2,(H2,14,19,20). The van der Waals surface area contributed by atoms with Gasteiger partial charge in [-0.1, -0.05) is 0 Å². The van der Waals surface area contributed by atoms with Gasteiger partial charge in [-0.2, -0.15) is 15.6 Å². The predicted octanol–water partition coefficient (Wildman–Crippen LogP) is -0.938. The molecule has 0 spiro atoms. The summed E-state index contributed by atoms with van der Waals surface area (Å²) >= 11 is 0. The summed E-state index contributed by atoms with van der Waals surface area (Å²) in [4.78, 5) is 13.2. The van der Waals surface area contributed by atoms with Crippen molar-refractivity contribution in [2.45, 2.75) is 24.6 Å². The molecule has 0 radical (unpaired) electrons. The lowest BCUT2D eigenvalue weighted by molar-refractivity contribution is -0.117. The highest BCUT2D eigenvalue weighted by Crippen LogP contribution is 2.27. The molecule has 1 atom stereocenters. The zero-order valence-corrected chi connectivity index (χ0v) is 11.7. The van der Waals surface area contributed by atoms with Crippen LogP contribution in [0.3, 0.4) is 0 Å². The normalized spacial score (nSPS) is 18.5. The molecule has 110 valence electrons. The number of aromatic nitrogens is 2. The van der Waals surface area contributed by atoms with E-state index in [0.29, 0.717) is 0 Å². The minimum Gasteiger partial charge on any atom is -0.295 e. The van der Waals surface area contributed by atoms with E-state index >= 15 is 0 Å². The lowest BCUT2D eigenvalue weighted by atomic mass is 10.3. The largest absolute Gasteiger partial charge is 0.295 e. The zero-order valence-electron chi connectivity index (χ0n) is 10.9. The Balaban J connectivity index is 2.38. The molecule has 0 aromatic carbocycles. The van der Waals surface area contributed by atoms with Crippen molar-refractivity contribution in [1.29, 1.82) is 10.5 Å². The monoisotopic (exact) mass is 308 g/mol. The van der Waals surface area contributed by atoms with Gasteiger partial charge in [0.25, 0.3) is 0 Å². The lowest BCUT2D eigenvalue weighted by Gasteiger charge is -2.18. The fourth-order valence-corrected chi connectivity index (χ4v) is 2.89. The van der Waals surface area contributed by atoms with Gasteiger partial charge in [0.15, 0.2) is 5.82 Å². The van der Waals surface area contributed by atoms with Gasteiger partial charge in [0.2, 0.25) is 15.9 Å². The molecule has 1 aliphatic heterocycles. The van der Waals surface area contributed by atoms with Crippen LogP contribution in [0.15, 0.2) is 6.20 Å². The first-order chi connectivity index (χ1) is 9.88. The Morgan fingerprint density at radius 3 is 2.71 bits per heavy atom. The number of amides is 1. The number of sulfonamides is 1. The van der Waals surface area contributed by atoms with Crippen LogP contribution in [0.1, 0.15) is 18.4 Å². The second-order valence-corrected chi connectivity index (χ2v) is 6.39. The Kier molecular flexibility index (Phi) is 3.93. The molecule has 1 fully saturated rings. The molecule has 9 nitrogen and oxygen atoms in total. The highest BCUT2D eigenvalue weighted by atomic mass is 32.2. The maximum Gasteiger partial charge on any atom is 0.229 e. The number of rotatable bonds is 4. The summed E-state index contributed by atoms with van der Waals surface area (Å²) in [5.74, 6) is -0.229. The molecule has 1 aliphatic rings. The maximum absolute atomic E-state index is 12.0. The first kappa shape index (κ1) is 15.0. The van der Waals surface area contributed by atoms with Crippen LogP contribution >= 0.6 is 0 Å². The highest BCUT2D eigenvalue weighted by molar-refractivity contribution is 7.89. The van der Waals surface area contributed by atoms with E-state index in [0.717, 1.165) is 0 Å². The SMILES string of the molecule is N#CCCn1ncc(C#N)c1N1CC(S(N)(=O)=O)CC1=O. The minimum absolute atomic E-state index is 0.120. The molecular weight excluding hydrogens is 296 g/mol. The molecule has 1 amide bonds. The van der Waals surface area contributed by atoms with Gasteiger partial charge >= 0.3 is 0 Å². The van der Waals surface area contributed by atoms with Crippen molar-refractivity contribution >= 4 is 21.7 Å². The van der Waals surface area contributed by atoms with Crippen LogP contribution in [0.25, 0.3) is 0 Å². The first-order valence-electron chi connectivity index (χ1n) is 6.03. The van der Waals surface area contributed by atoms with Crippen molar-refractivity contribution in [3.8, 4) is 12.1 Å².